The molecule has 1 heterocycles. The Balaban J connectivity index is 2.29. The number of fused-ring (bicyclic) bond motifs is 1. The number of hydroxylamine groups is 1. The molecule has 0 fully saturated rings. The molecule has 0 aliphatic carbocycles. The van der Waals surface area contributed by atoms with E-state index < -0.39 is 0 Å². The van der Waals surface area contributed by atoms with Crippen molar-refractivity contribution in [1.29, 1.82) is 5.41 Å². The van der Waals surface area contributed by atoms with Gasteiger partial charge in [-0.2, -0.15) is 0 Å². The summed E-state index contributed by atoms with van der Waals surface area (Å²) in [6, 6.07) is 7.46. The van der Waals surface area contributed by atoms with E-state index in [1.54, 1.807) is 5.48 Å². The maximum absolute atomic E-state index is 11.6. The summed E-state index contributed by atoms with van der Waals surface area (Å²) >= 11 is 0. The second kappa shape index (κ2) is 4.32. The minimum Gasteiger partial charge on any atom is -0.304 e. The van der Waals surface area contributed by atoms with Crippen LogP contribution in [0.3, 0.4) is 0 Å². The minimum atomic E-state index is -0.265. The van der Waals surface area contributed by atoms with Crippen LogP contribution < -0.4 is 10.4 Å². The number of amidine groups is 1. The summed E-state index contributed by atoms with van der Waals surface area (Å²) in [5.41, 5.74) is 3.49. The van der Waals surface area contributed by atoms with Gasteiger partial charge in [0.2, 0.25) is 5.91 Å². The van der Waals surface area contributed by atoms with Crippen LogP contribution in [0.25, 0.3) is 0 Å². The van der Waals surface area contributed by atoms with Gasteiger partial charge in [-0.3, -0.25) is 20.9 Å². The number of hydrogen-bond acceptors (Lipinski definition) is 3. The van der Waals surface area contributed by atoms with Crippen molar-refractivity contribution in [3.63, 3.8) is 0 Å². The van der Waals surface area contributed by atoms with Gasteiger partial charge in [0.1, 0.15) is 5.84 Å². The quantitative estimate of drug-likeness (QED) is 0.386. The Morgan fingerprint density at radius 2 is 2.31 bits per heavy atom. The first-order valence-corrected chi connectivity index (χ1v) is 4.83. The van der Waals surface area contributed by atoms with E-state index in [-0.39, 0.29) is 18.3 Å². The molecule has 16 heavy (non-hydrogen) atoms. The molecule has 82 valence electrons. The molecule has 5 nitrogen and oxygen atoms in total. The topological polar surface area (TPSA) is 76.4 Å². The van der Waals surface area contributed by atoms with Crippen molar-refractivity contribution < 1.29 is 10.0 Å². The van der Waals surface area contributed by atoms with Crippen LogP contribution in [-0.2, 0) is 11.2 Å². The summed E-state index contributed by atoms with van der Waals surface area (Å²) in [4.78, 5) is 13.0. The van der Waals surface area contributed by atoms with E-state index >= 15 is 0 Å². The Kier molecular flexibility index (Phi) is 2.87. The smallest absolute Gasteiger partial charge is 0.236 e. The largest absolute Gasteiger partial charge is 0.304 e. The first-order valence-electron chi connectivity index (χ1n) is 4.83. The van der Waals surface area contributed by atoms with Crippen LogP contribution in [0.2, 0.25) is 0 Å². The lowest BCUT2D eigenvalue weighted by Crippen LogP contribution is -2.42. The van der Waals surface area contributed by atoms with Gasteiger partial charge < -0.3 is 4.90 Å². The Morgan fingerprint density at radius 1 is 1.56 bits per heavy atom. The van der Waals surface area contributed by atoms with Gasteiger partial charge in [0.15, 0.2) is 0 Å². The molecule has 0 unspecified atom stereocenters. The molecule has 1 aromatic rings. The van der Waals surface area contributed by atoms with Crippen molar-refractivity contribution in [3.05, 3.63) is 36.2 Å². The summed E-state index contributed by atoms with van der Waals surface area (Å²) in [7, 11) is 0. The maximum Gasteiger partial charge on any atom is 0.236 e. The Bertz CT molecular complexity index is 431. The molecule has 0 aromatic heterocycles. The predicted octanol–water partition coefficient (Wildman–Crippen LogP) is 0.613. The summed E-state index contributed by atoms with van der Waals surface area (Å²) in [6.07, 6.45) is 3.19. The monoisotopic (exact) mass is 217 g/mol. The fourth-order valence-electron chi connectivity index (χ4n) is 1.65. The summed E-state index contributed by atoms with van der Waals surface area (Å²) in [5, 5.41) is 15.9. The first kappa shape index (κ1) is 10.6. The number of amides is 1. The SMILES string of the molecule is N=C(CN1C(=O)[C]Cc2ccccc21)NO. The lowest BCUT2D eigenvalue weighted by Gasteiger charge is -2.28. The van der Waals surface area contributed by atoms with Gasteiger partial charge in [-0.25, -0.2) is 0 Å². The molecule has 0 saturated carbocycles. The molecular weight excluding hydrogens is 206 g/mol. The Hall–Kier alpha value is -1.88. The zero-order chi connectivity index (χ0) is 11.5. The number of nitrogens with zero attached hydrogens (tertiary/aromatic N) is 1. The molecule has 5 heteroatoms. The van der Waals surface area contributed by atoms with E-state index in [4.69, 9.17) is 10.6 Å². The highest BCUT2D eigenvalue weighted by atomic mass is 16.5. The van der Waals surface area contributed by atoms with Gasteiger partial charge in [0, 0.05) is 5.69 Å². The van der Waals surface area contributed by atoms with Crippen molar-refractivity contribution in [2.75, 3.05) is 11.4 Å². The average Bonchev–Trinajstić information content (AvgIpc) is 2.32. The van der Waals surface area contributed by atoms with Gasteiger partial charge in [-0.15, -0.1) is 0 Å². The van der Waals surface area contributed by atoms with Crippen molar-refractivity contribution in [2.45, 2.75) is 6.42 Å². The van der Waals surface area contributed by atoms with Gasteiger partial charge in [0.05, 0.1) is 13.0 Å². The van der Waals surface area contributed by atoms with E-state index in [0.717, 1.165) is 11.3 Å². The average molecular weight is 217 g/mol. The molecule has 2 rings (SSSR count). The van der Waals surface area contributed by atoms with Crippen LogP contribution in [0.5, 0.6) is 0 Å². The minimum absolute atomic E-state index is 0.0132. The van der Waals surface area contributed by atoms with Crippen molar-refractivity contribution in [2.24, 2.45) is 0 Å². The standard InChI is InChI=1S/C11H11N3O2/c12-10(13-16)7-14-9-4-2-1-3-8(9)5-6-11(14)15/h1-4,16H,5,7H2,(H2,12,13). The summed E-state index contributed by atoms with van der Waals surface area (Å²) < 4.78 is 0. The van der Waals surface area contributed by atoms with Gasteiger partial charge in [0.25, 0.3) is 0 Å². The van der Waals surface area contributed by atoms with Crippen LogP contribution in [0, 0.1) is 11.8 Å². The molecule has 1 aromatic carbocycles. The number of carbonyl (C=O) groups is 1. The molecule has 0 atom stereocenters. The second-order valence-corrected chi connectivity index (χ2v) is 3.46. The number of nitrogens with one attached hydrogen (secondary N) is 2. The fourth-order valence-corrected chi connectivity index (χ4v) is 1.65. The number of benzene rings is 1. The van der Waals surface area contributed by atoms with E-state index in [1.807, 2.05) is 24.3 Å². The molecule has 3 N–H and O–H groups in total. The van der Waals surface area contributed by atoms with E-state index in [0.29, 0.717) is 6.42 Å². The van der Waals surface area contributed by atoms with Crippen LogP contribution in [0.1, 0.15) is 5.56 Å². The number of para-hydroxylation sites is 1. The molecule has 2 radical (unpaired) electrons. The van der Waals surface area contributed by atoms with Gasteiger partial charge in [-0.1, -0.05) is 18.2 Å². The lowest BCUT2D eigenvalue weighted by molar-refractivity contribution is -0.115. The van der Waals surface area contributed by atoms with Crippen LogP contribution in [0.15, 0.2) is 24.3 Å². The molecular formula is C11H11N3O2. The van der Waals surface area contributed by atoms with Gasteiger partial charge in [-0.05, 0) is 18.1 Å². The normalized spacial score (nSPS) is 14.6. The molecule has 0 bridgehead atoms. The number of anilines is 1. The highest BCUT2D eigenvalue weighted by Gasteiger charge is 2.24. The van der Waals surface area contributed by atoms with Crippen LogP contribution >= 0.6 is 0 Å². The lowest BCUT2D eigenvalue weighted by atomic mass is 10.0. The molecule has 0 saturated heterocycles. The highest BCUT2D eigenvalue weighted by Crippen LogP contribution is 2.26. The Labute approximate surface area is 93.2 Å². The molecule has 1 aliphatic rings. The fraction of sp³-hybridized carbons (Fsp3) is 0.182. The van der Waals surface area contributed by atoms with Crippen molar-refractivity contribution in [3.8, 4) is 0 Å². The van der Waals surface area contributed by atoms with Crippen LogP contribution in [-0.4, -0.2) is 23.5 Å². The highest BCUT2D eigenvalue weighted by molar-refractivity contribution is 6.05. The summed E-state index contributed by atoms with van der Waals surface area (Å²) in [5.74, 6) is -0.398. The van der Waals surface area contributed by atoms with E-state index in [9.17, 15) is 4.79 Å². The number of rotatable bonds is 2. The third-order valence-corrected chi connectivity index (χ3v) is 2.41. The number of hydrogen-bond donors (Lipinski definition) is 3. The maximum atomic E-state index is 11.6. The predicted molar refractivity (Wildman–Crippen MR) is 58.4 cm³/mol. The zero-order valence-electron chi connectivity index (χ0n) is 8.53. The van der Waals surface area contributed by atoms with Crippen molar-refractivity contribution in [1.82, 2.24) is 5.48 Å². The number of carbonyl (C=O) groups excluding carboxylic acids is 1. The molecule has 0 spiro atoms. The van der Waals surface area contributed by atoms with E-state index in [2.05, 4.69) is 6.42 Å². The zero-order valence-corrected chi connectivity index (χ0v) is 8.53. The Morgan fingerprint density at radius 3 is 3.06 bits per heavy atom. The first-order chi connectivity index (χ1) is 7.72. The second-order valence-electron chi connectivity index (χ2n) is 3.46. The third kappa shape index (κ3) is 1.90. The molecule has 1 aliphatic heterocycles. The molecule has 1 amide bonds. The van der Waals surface area contributed by atoms with Gasteiger partial charge >= 0.3 is 0 Å². The van der Waals surface area contributed by atoms with Crippen LogP contribution in [0.4, 0.5) is 5.69 Å². The van der Waals surface area contributed by atoms with Crippen molar-refractivity contribution >= 4 is 17.4 Å². The van der Waals surface area contributed by atoms with E-state index in [1.165, 1.54) is 4.90 Å². The summed E-state index contributed by atoms with van der Waals surface area (Å²) in [6.45, 7) is 0.0132. The third-order valence-electron chi connectivity index (χ3n) is 2.41.